The van der Waals surface area contributed by atoms with Crippen LogP contribution in [0.4, 0.5) is 5.69 Å². The lowest BCUT2D eigenvalue weighted by Crippen LogP contribution is -2.16. The fraction of sp³-hybridized carbons (Fsp3) is 0.188. The van der Waals surface area contributed by atoms with E-state index in [9.17, 15) is 18.3 Å². The summed E-state index contributed by atoms with van der Waals surface area (Å²) in [5.41, 5.74) is 0.401. The van der Waals surface area contributed by atoms with Crippen LogP contribution in [0.25, 0.3) is 0 Å². The van der Waals surface area contributed by atoms with E-state index in [1.54, 1.807) is 19.1 Å². The zero-order valence-electron chi connectivity index (χ0n) is 13.4. The maximum Gasteiger partial charge on any atom is 0.337 e. The van der Waals surface area contributed by atoms with E-state index < -0.39 is 16.0 Å². The van der Waals surface area contributed by atoms with E-state index in [1.165, 1.54) is 38.5 Å². The fourth-order valence-electron chi connectivity index (χ4n) is 2.16. The molecule has 2 N–H and O–H groups in total. The zero-order chi connectivity index (χ0) is 17.9. The first-order valence-corrected chi connectivity index (χ1v) is 8.36. The predicted molar refractivity (Wildman–Crippen MR) is 88.5 cm³/mol. The van der Waals surface area contributed by atoms with Gasteiger partial charge < -0.3 is 14.6 Å². The second kappa shape index (κ2) is 6.79. The van der Waals surface area contributed by atoms with Gasteiger partial charge in [-0.25, -0.2) is 13.2 Å². The average Bonchev–Trinajstić information content (AvgIpc) is 2.55. The molecule has 8 heteroatoms. The molecule has 2 aromatic carbocycles. The quantitative estimate of drug-likeness (QED) is 0.829. The monoisotopic (exact) mass is 351 g/mol. The molecular formula is C16H17NO6S. The van der Waals surface area contributed by atoms with Crippen molar-refractivity contribution < 1.29 is 27.8 Å². The van der Waals surface area contributed by atoms with Gasteiger partial charge >= 0.3 is 5.97 Å². The van der Waals surface area contributed by atoms with Crippen LogP contribution < -0.4 is 14.2 Å². The highest BCUT2D eigenvalue weighted by atomic mass is 32.2. The largest absolute Gasteiger partial charge is 0.493 e. The van der Waals surface area contributed by atoms with E-state index in [-0.39, 0.29) is 21.9 Å². The molecule has 0 aliphatic rings. The number of methoxy groups -OCH3 is 2. The fourth-order valence-corrected chi connectivity index (χ4v) is 3.33. The third-order valence-electron chi connectivity index (χ3n) is 3.40. The van der Waals surface area contributed by atoms with Gasteiger partial charge in [-0.3, -0.25) is 4.72 Å². The Labute approximate surface area is 139 Å². The molecule has 2 aromatic rings. The first kappa shape index (κ1) is 17.6. The van der Waals surface area contributed by atoms with E-state index in [0.717, 1.165) is 0 Å². The smallest absolute Gasteiger partial charge is 0.337 e. The number of nitrogens with one attached hydrogen (secondary N) is 1. The SMILES string of the molecule is COc1ccc(S(=O)(=O)Nc2c(C)cccc2C(=O)O)cc1OC. The first-order chi connectivity index (χ1) is 11.3. The number of carboxylic acids is 1. The third-order valence-corrected chi connectivity index (χ3v) is 4.75. The summed E-state index contributed by atoms with van der Waals surface area (Å²) in [5.74, 6) is -0.578. The Balaban J connectivity index is 2.49. The van der Waals surface area contributed by atoms with Gasteiger partial charge in [-0.15, -0.1) is 0 Å². The molecule has 0 unspecified atom stereocenters. The number of aryl methyl sites for hydroxylation is 1. The maximum atomic E-state index is 12.6. The summed E-state index contributed by atoms with van der Waals surface area (Å²) in [7, 11) is -1.16. The van der Waals surface area contributed by atoms with Crippen LogP contribution in [0.2, 0.25) is 0 Å². The number of benzene rings is 2. The van der Waals surface area contributed by atoms with Crippen molar-refractivity contribution in [3.63, 3.8) is 0 Å². The molecule has 7 nitrogen and oxygen atoms in total. The lowest BCUT2D eigenvalue weighted by Gasteiger charge is -2.14. The molecule has 0 fully saturated rings. The summed E-state index contributed by atoms with van der Waals surface area (Å²) >= 11 is 0. The van der Waals surface area contributed by atoms with Crippen LogP contribution in [0, 0.1) is 6.92 Å². The van der Waals surface area contributed by atoms with E-state index in [2.05, 4.69) is 4.72 Å². The van der Waals surface area contributed by atoms with Gasteiger partial charge in [0.25, 0.3) is 10.0 Å². The summed E-state index contributed by atoms with van der Waals surface area (Å²) in [6.07, 6.45) is 0. The van der Waals surface area contributed by atoms with Crippen LogP contribution in [0.1, 0.15) is 15.9 Å². The molecule has 0 aromatic heterocycles. The summed E-state index contributed by atoms with van der Waals surface area (Å²) in [4.78, 5) is 11.2. The number of ether oxygens (including phenoxy) is 2. The number of rotatable bonds is 6. The topological polar surface area (TPSA) is 102 Å². The summed E-state index contributed by atoms with van der Waals surface area (Å²) in [6.45, 7) is 1.62. The minimum atomic E-state index is -4.00. The van der Waals surface area contributed by atoms with Crippen LogP contribution in [-0.2, 0) is 10.0 Å². The Kier molecular flexibility index (Phi) is 4.99. The summed E-state index contributed by atoms with van der Waals surface area (Å²) in [5, 5.41) is 9.24. The molecule has 0 radical (unpaired) electrons. The van der Waals surface area contributed by atoms with Crippen molar-refractivity contribution >= 4 is 21.7 Å². The van der Waals surface area contributed by atoms with Crippen molar-refractivity contribution in [1.29, 1.82) is 0 Å². The lowest BCUT2D eigenvalue weighted by molar-refractivity contribution is 0.0698. The maximum absolute atomic E-state index is 12.6. The van der Waals surface area contributed by atoms with Crippen LogP contribution in [0.3, 0.4) is 0 Å². The molecule has 0 saturated carbocycles. The molecule has 0 saturated heterocycles. The third kappa shape index (κ3) is 3.43. The van der Waals surface area contributed by atoms with Crippen LogP contribution >= 0.6 is 0 Å². The molecule has 0 aliphatic carbocycles. The van der Waals surface area contributed by atoms with Crippen molar-refractivity contribution in [3.05, 3.63) is 47.5 Å². The number of sulfonamides is 1. The van der Waals surface area contributed by atoms with E-state index in [4.69, 9.17) is 9.47 Å². The summed E-state index contributed by atoms with van der Waals surface area (Å²) in [6, 6.07) is 8.62. The number of hydrogen-bond donors (Lipinski definition) is 2. The molecule has 0 aliphatic heterocycles. The van der Waals surface area contributed by atoms with Gasteiger partial charge in [0, 0.05) is 6.07 Å². The number of carbonyl (C=O) groups is 1. The van der Waals surface area contributed by atoms with Crippen molar-refractivity contribution in [2.24, 2.45) is 0 Å². The van der Waals surface area contributed by atoms with Crippen molar-refractivity contribution in [1.82, 2.24) is 0 Å². The van der Waals surface area contributed by atoms with Crippen LogP contribution in [0.5, 0.6) is 11.5 Å². The molecule has 2 rings (SSSR count). The second-order valence-electron chi connectivity index (χ2n) is 4.92. The van der Waals surface area contributed by atoms with E-state index in [1.807, 2.05) is 0 Å². The zero-order valence-corrected chi connectivity index (χ0v) is 14.2. The highest BCUT2D eigenvalue weighted by Crippen LogP contribution is 2.31. The molecule has 0 spiro atoms. The second-order valence-corrected chi connectivity index (χ2v) is 6.61. The van der Waals surface area contributed by atoms with E-state index >= 15 is 0 Å². The Hall–Kier alpha value is -2.74. The number of para-hydroxylation sites is 1. The highest BCUT2D eigenvalue weighted by Gasteiger charge is 2.21. The molecule has 0 bridgehead atoms. The molecule has 0 amide bonds. The Bertz CT molecular complexity index is 876. The first-order valence-electron chi connectivity index (χ1n) is 6.88. The molecule has 24 heavy (non-hydrogen) atoms. The van der Waals surface area contributed by atoms with E-state index in [0.29, 0.717) is 11.3 Å². The van der Waals surface area contributed by atoms with Gasteiger partial charge in [0.15, 0.2) is 11.5 Å². The van der Waals surface area contributed by atoms with Crippen molar-refractivity contribution in [3.8, 4) is 11.5 Å². The lowest BCUT2D eigenvalue weighted by atomic mass is 10.1. The van der Waals surface area contributed by atoms with Crippen molar-refractivity contribution in [2.75, 3.05) is 18.9 Å². The Morgan fingerprint density at radius 2 is 1.75 bits per heavy atom. The molecule has 128 valence electrons. The minimum absolute atomic E-state index is 0.0276. The number of carboxylic acid groups (broad SMARTS) is 1. The summed E-state index contributed by atoms with van der Waals surface area (Å²) < 4.78 is 37.7. The number of anilines is 1. The molecule has 0 atom stereocenters. The molecule has 0 heterocycles. The average molecular weight is 351 g/mol. The van der Waals surface area contributed by atoms with Gasteiger partial charge in [-0.05, 0) is 30.7 Å². The van der Waals surface area contributed by atoms with Crippen LogP contribution in [0.15, 0.2) is 41.3 Å². The van der Waals surface area contributed by atoms with Gasteiger partial charge in [-0.1, -0.05) is 12.1 Å². The Morgan fingerprint density at radius 3 is 2.33 bits per heavy atom. The van der Waals surface area contributed by atoms with Gasteiger partial charge in [0.1, 0.15) is 0 Å². The predicted octanol–water partition coefficient (Wildman–Crippen LogP) is 2.51. The normalized spacial score (nSPS) is 11.0. The van der Waals surface area contributed by atoms with Crippen molar-refractivity contribution in [2.45, 2.75) is 11.8 Å². The van der Waals surface area contributed by atoms with Gasteiger partial charge in [-0.2, -0.15) is 0 Å². The van der Waals surface area contributed by atoms with Gasteiger partial charge in [0.05, 0.1) is 30.4 Å². The highest BCUT2D eigenvalue weighted by molar-refractivity contribution is 7.92. The Morgan fingerprint density at radius 1 is 1.08 bits per heavy atom. The molecular weight excluding hydrogens is 334 g/mol. The number of aromatic carboxylic acids is 1. The van der Waals surface area contributed by atoms with Gasteiger partial charge in [0.2, 0.25) is 0 Å². The minimum Gasteiger partial charge on any atom is -0.493 e. The van der Waals surface area contributed by atoms with Crippen LogP contribution in [-0.4, -0.2) is 33.7 Å². The standard InChI is InChI=1S/C16H17NO6S/c1-10-5-4-6-12(16(18)19)15(10)17-24(20,21)11-7-8-13(22-2)14(9-11)23-3/h4-9,17H,1-3H3,(H,18,19). The number of hydrogen-bond acceptors (Lipinski definition) is 5.